The maximum absolute atomic E-state index is 13.1. The van der Waals surface area contributed by atoms with E-state index in [9.17, 15) is 14.7 Å². The summed E-state index contributed by atoms with van der Waals surface area (Å²) in [5.74, 6) is -0.430. The lowest BCUT2D eigenvalue weighted by Crippen LogP contribution is -2.51. The summed E-state index contributed by atoms with van der Waals surface area (Å²) >= 11 is 0. The highest BCUT2D eigenvalue weighted by Crippen LogP contribution is 2.34. The Balaban J connectivity index is 1.78. The minimum absolute atomic E-state index is 0.0457. The highest BCUT2D eigenvalue weighted by Gasteiger charge is 2.49. The van der Waals surface area contributed by atoms with Gasteiger partial charge in [-0.3, -0.25) is 9.59 Å². The smallest absolute Gasteiger partial charge is 0.308 e. The fourth-order valence-corrected chi connectivity index (χ4v) is 3.93. The number of rotatable bonds is 7. The molecular formula is C21H28N2O6. The van der Waals surface area contributed by atoms with Gasteiger partial charge in [-0.25, -0.2) is 0 Å². The van der Waals surface area contributed by atoms with Gasteiger partial charge in [-0.2, -0.15) is 0 Å². The van der Waals surface area contributed by atoms with Crippen molar-refractivity contribution in [1.82, 2.24) is 5.32 Å². The van der Waals surface area contributed by atoms with E-state index in [1.807, 2.05) is 0 Å². The molecule has 0 spiro atoms. The number of methoxy groups -OCH3 is 2. The number of hydrogen-bond donors (Lipinski definition) is 2. The molecule has 0 saturated heterocycles. The summed E-state index contributed by atoms with van der Waals surface area (Å²) in [6.07, 6.45) is 5.87. The van der Waals surface area contributed by atoms with E-state index in [1.54, 1.807) is 25.3 Å². The van der Waals surface area contributed by atoms with Crippen LogP contribution in [0.4, 0.5) is 0 Å². The van der Waals surface area contributed by atoms with Crippen molar-refractivity contribution in [3.05, 3.63) is 23.8 Å². The van der Waals surface area contributed by atoms with Crippen molar-refractivity contribution in [1.29, 1.82) is 0 Å². The zero-order valence-electron chi connectivity index (χ0n) is 16.9. The lowest BCUT2D eigenvalue weighted by atomic mass is 9.89. The Hall–Kier alpha value is -2.77. The fourth-order valence-electron chi connectivity index (χ4n) is 3.93. The molecule has 8 heteroatoms. The van der Waals surface area contributed by atoms with E-state index >= 15 is 0 Å². The number of benzene rings is 1. The number of aliphatic carboxylic acids is 1. The molecule has 1 fully saturated rings. The molecule has 0 bridgehead atoms. The van der Waals surface area contributed by atoms with Crippen LogP contribution >= 0.6 is 0 Å². The van der Waals surface area contributed by atoms with Crippen LogP contribution in [0.3, 0.4) is 0 Å². The van der Waals surface area contributed by atoms with Crippen LogP contribution in [0.15, 0.2) is 23.4 Å². The van der Waals surface area contributed by atoms with E-state index in [2.05, 4.69) is 10.5 Å². The van der Waals surface area contributed by atoms with Gasteiger partial charge in [0.05, 0.1) is 26.4 Å². The molecule has 0 radical (unpaired) electrons. The molecule has 2 aliphatic rings. The van der Waals surface area contributed by atoms with E-state index in [4.69, 9.17) is 14.3 Å². The average molecular weight is 404 g/mol. The zero-order valence-corrected chi connectivity index (χ0v) is 16.9. The molecule has 8 nitrogen and oxygen atoms in total. The number of ether oxygens (including phenoxy) is 2. The van der Waals surface area contributed by atoms with Crippen molar-refractivity contribution in [3.63, 3.8) is 0 Å². The SMILES string of the molecule is COc1ccc(C2=NOC(CC(=O)O)(C(=O)NC3CCCCCC3)C2)cc1OC. The summed E-state index contributed by atoms with van der Waals surface area (Å²) in [4.78, 5) is 30.1. The first-order chi connectivity index (χ1) is 14.0. The van der Waals surface area contributed by atoms with Crippen molar-refractivity contribution in [3.8, 4) is 11.5 Å². The Kier molecular flexibility index (Phi) is 6.61. The molecule has 2 N–H and O–H groups in total. The number of carboxylic acids is 1. The molecular weight excluding hydrogens is 376 g/mol. The molecule has 1 saturated carbocycles. The number of oxime groups is 1. The molecule has 1 aliphatic carbocycles. The minimum Gasteiger partial charge on any atom is -0.493 e. The molecule has 1 heterocycles. The number of carboxylic acid groups (broad SMARTS) is 1. The second-order valence-electron chi connectivity index (χ2n) is 7.60. The highest BCUT2D eigenvalue weighted by molar-refractivity contribution is 6.06. The Morgan fingerprint density at radius 1 is 1.17 bits per heavy atom. The molecule has 29 heavy (non-hydrogen) atoms. The molecule has 1 aromatic rings. The number of amides is 1. The predicted molar refractivity (Wildman–Crippen MR) is 106 cm³/mol. The van der Waals surface area contributed by atoms with Gasteiger partial charge >= 0.3 is 5.97 Å². The molecule has 0 aromatic heterocycles. The summed E-state index contributed by atoms with van der Waals surface area (Å²) in [5, 5.41) is 16.5. The van der Waals surface area contributed by atoms with Gasteiger partial charge in [0.15, 0.2) is 11.5 Å². The molecule has 1 unspecified atom stereocenters. The first kappa shape index (κ1) is 21.0. The van der Waals surface area contributed by atoms with Gasteiger partial charge in [0.2, 0.25) is 5.60 Å². The van der Waals surface area contributed by atoms with Crippen LogP contribution in [-0.4, -0.2) is 48.6 Å². The Morgan fingerprint density at radius 3 is 2.48 bits per heavy atom. The fraction of sp³-hybridized carbons (Fsp3) is 0.571. The van der Waals surface area contributed by atoms with Gasteiger partial charge in [-0.15, -0.1) is 0 Å². The first-order valence-corrected chi connectivity index (χ1v) is 9.97. The number of carbonyl (C=O) groups is 2. The third kappa shape index (κ3) is 4.81. The van der Waals surface area contributed by atoms with E-state index in [-0.39, 0.29) is 12.5 Å². The molecule has 1 amide bonds. The van der Waals surface area contributed by atoms with Crippen molar-refractivity contribution < 1.29 is 29.0 Å². The monoisotopic (exact) mass is 404 g/mol. The summed E-state index contributed by atoms with van der Waals surface area (Å²) in [7, 11) is 3.08. The number of hydrogen-bond acceptors (Lipinski definition) is 6. The van der Waals surface area contributed by atoms with Crippen molar-refractivity contribution in [2.75, 3.05) is 14.2 Å². The summed E-state index contributed by atoms with van der Waals surface area (Å²) in [6, 6.07) is 5.30. The van der Waals surface area contributed by atoms with E-state index in [0.717, 1.165) is 38.5 Å². The Morgan fingerprint density at radius 2 is 1.86 bits per heavy atom. The average Bonchev–Trinajstić information content (AvgIpc) is 2.97. The standard InChI is InChI=1S/C21H28N2O6/c1-27-17-10-9-14(11-18(17)28-2)16-12-21(29-23-16,13-19(24)25)20(26)22-15-7-5-3-4-6-8-15/h9-11,15H,3-8,12-13H2,1-2H3,(H,22,26)(H,24,25). The molecule has 1 atom stereocenters. The maximum Gasteiger partial charge on any atom is 0.308 e. The Labute approximate surface area is 170 Å². The number of carbonyl (C=O) groups excluding carboxylic acids is 1. The van der Waals surface area contributed by atoms with Crippen LogP contribution in [0.25, 0.3) is 0 Å². The second-order valence-corrected chi connectivity index (χ2v) is 7.60. The highest BCUT2D eigenvalue weighted by atomic mass is 16.7. The topological polar surface area (TPSA) is 106 Å². The van der Waals surface area contributed by atoms with Crippen LogP contribution < -0.4 is 14.8 Å². The largest absolute Gasteiger partial charge is 0.493 e. The van der Waals surface area contributed by atoms with Gasteiger partial charge < -0.3 is 24.7 Å². The lowest BCUT2D eigenvalue weighted by molar-refractivity contribution is -0.156. The van der Waals surface area contributed by atoms with Crippen LogP contribution in [-0.2, 0) is 14.4 Å². The Bertz CT molecular complexity index is 785. The van der Waals surface area contributed by atoms with Gasteiger partial charge in [-0.05, 0) is 31.0 Å². The van der Waals surface area contributed by atoms with Crippen molar-refractivity contribution >= 4 is 17.6 Å². The third-order valence-electron chi connectivity index (χ3n) is 5.54. The van der Waals surface area contributed by atoms with E-state index in [0.29, 0.717) is 22.8 Å². The maximum atomic E-state index is 13.1. The normalized spacial score (nSPS) is 22.2. The summed E-state index contributed by atoms with van der Waals surface area (Å²) in [5.41, 5.74) is -0.346. The van der Waals surface area contributed by atoms with E-state index in [1.165, 1.54) is 7.11 Å². The predicted octanol–water partition coefficient (Wildman–Crippen LogP) is 2.88. The molecule has 1 aliphatic heterocycles. The summed E-state index contributed by atoms with van der Waals surface area (Å²) in [6.45, 7) is 0. The van der Waals surface area contributed by atoms with Gasteiger partial charge in [0.1, 0.15) is 0 Å². The first-order valence-electron chi connectivity index (χ1n) is 9.97. The third-order valence-corrected chi connectivity index (χ3v) is 5.54. The van der Waals surface area contributed by atoms with Crippen molar-refractivity contribution in [2.24, 2.45) is 5.16 Å². The van der Waals surface area contributed by atoms with Gasteiger partial charge in [-0.1, -0.05) is 30.8 Å². The lowest BCUT2D eigenvalue weighted by Gasteiger charge is -2.26. The van der Waals surface area contributed by atoms with Gasteiger partial charge in [0.25, 0.3) is 5.91 Å². The number of nitrogens with zero attached hydrogens (tertiary/aromatic N) is 1. The zero-order chi connectivity index (χ0) is 20.9. The van der Waals surface area contributed by atoms with Crippen LogP contribution in [0.1, 0.15) is 56.9 Å². The van der Waals surface area contributed by atoms with Gasteiger partial charge in [0, 0.05) is 18.0 Å². The molecule has 158 valence electrons. The van der Waals surface area contributed by atoms with Crippen LogP contribution in [0.5, 0.6) is 11.5 Å². The van der Waals surface area contributed by atoms with Crippen LogP contribution in [0.2, 0.25) is 0 Å². The number of nitrogens with one attached hydrogen (secondary N) is 1. The quantitative estimate of drug-likeness (QED) is 0.677. The minimum atomic E-state index is -1.54. The second kappa shape index (κ2) is 9.15. The molecule has 1 aromatic carbocycles. The summed E-state index contributed by atoms with van der Waals surface area (Å²) < 4.78 is 10.6. The van der Waals surface area contributed by atoms with Crippen LogP contribution in [0, 0.1) is 0 Å². The molecule has 3 rings (SSSR count). The van der Waals surface area contributed by atoms with Crippen molar-refractivity contribution in [2.45, 2.75) is 63.0 Å². The van der Waals surface area contributed by atoms with E-state index < -0.39 is 23.9 Å².